The largest absolute Gasteiger partial charge is 0.380 e. The molecule has 0 aromatic heterocycles. The second-order valence-corrected chi connectivity index (χ2v) is 4.20. The van der Waals surface area contributed by atoms with Gasteiger partial charge in [0.25, 0.3) is 0 Å². The summed E-state index contributed by atoms with van der Waals surface area (Å²) in [5, 5.41) is 0. The van der Waals surface area contributed by atoms with E-state index in [4.69, 9.17) is 4.74 Å². The Hall–Kier alpha value is -0.0400. The van der Waals surface area contributed by atoms with Gasteiger partial charge >= 0.3 is 0 Å². The number of ether oxygens (including phenoxy) is 1. The van der Waals surface area contributed by atoms with Crippen LogP contribution in [0.5, 0.6) is 0 Å². The van der Waals surface area contributed by atoms with Crippen molar-refractivity contribution in [3.8, 4) is 0 Å². The lowest BCUT2D eigenvalue weighted by Gasteiger charge is -2.42. The van der Waals surface area contributed by atoms with Gasteiger partial charge in [-0.05, 0) is 12.8 Å². The predicted octanol–water partition coefficient (Wildman–Crippen LogP) is 3.38. The van der Waals surface area contributed by atoms with Gasteiger partial charge in [0, 0.05) is 5.41 Å². The minimum absolute atomic E-state index is 0.603. The summed E-state index contributed by atoms with van der Waals surface area (Å²) >= 11 is 0. The molecule has 72 valence electrons. The van der Waals surface area contributed by atoms with E-state index in [9.17, 15) is 0 Å². The van der Waals surface area contributed by atoms with Crippen molar-refractivity contribution in [1.82, 2.24) is 0 Å². The molecule has 0 bridgehead atoms. The zero-order valence-electron chi connectivity index (χ0n) is 8.57. The third-order valence-corrected chi connectivity index (χ3v) is 2.94. The van der Waals surface area contributed by atoms with Crippen LogP contribution in [0.1, 0.15) is 52.4 Å². The molecular weight excluding hydrogens is 148 g/mol. The molecule has 1 aliphatic heterocycles. The highest BCUT2D eigenvalue weighted by Crippen LogP contribution is 2.38. The summed E-state index contributed by atoms with van der Waals surface area (Å²) in [6.07, 6.45) is 8.20. The molecule has 0 unspecified atom stereocenters. The van der Waals surface area contributed by atoms with Crippen molar-refractivity contribution in [1.29, 1.82) is 0 Å². The maximum absolute atomic E-state index is 5.33. The molecule has 0 aromatic rings. The molecule has 1 fully saturated rings. The van der Waals surface area contributed by atoms with Crippen molar-refractivity contribution >= 4 is 0 Å². The Morgan fingerprint density at radius 3 is 1.75 bits per heavy atom. The fraction of sp³-hybridized carbons (Fsp3) is 1.00. The molecule has 0 N–H and O–H groups in total. The highest BCUT2D eigenvalue weighted by atomic mass is 16.5. The van der Waals surface area contributed by atoms with Crippen molar-refractivity contribution in [2.75, 3.05) is 13.2 Å². The molecule has 0 saturated carbocycles. The van der Waals surface area contributed by atoms with Crippen LogP contribution in [0.4, 0.5) is 0 Å². The van der Waals surface area contributed by atoms with Crippen LogP contribution in [-0.4, -0.2) is 13.2 Å². The number of unbranched alkanes of at least 4 members (excludes halogenated alkanes) is 2. The average molecular weight is 170 g/mol. The van der Waals surface area contributed by atoms with Gasteiger partial charge in [0.1, 0.15) is 0 Å². The molecule has 0 amide bonds. The highest BCUT2D eigenvalue weighted by molar-refractivity contribution is 4.84. The lowest BCUT2D eigenvalue weighted by atomic mass is 9.77. The van der Waals surface area contributed by atoms with Gasteiger partial charge in [-0.2, -0.15) is 0 Å². The van der Waals surface area contributed by atoms with Gasteiger partial charge in [-0.3, -0.25) is 0 Å². The zero-order chi connectivity index (χ0) is 8.86. The summed E-state index contributed by atoms with van der Waals surface area (Å²) < 4.78 is 5.33. The van der Waals surface area contributed by atoms with Crippen LogP contribution in [-0.2, 0) is 4.74 Å². The van der Waals surface area contributed by atoms with Crippen LogP contribution in [0, 0.1) is 5.41 Å². The third kappa shape index (κ3) is 2.48. The molecule has 1 heterocycles. The summed E-state index contributed by atoms with van der Waals surface area (Å²) in [7, 11) is 0. The van der Waals surface area contributed by atoms with E-state index >= 15 is 0 Å². The topological polar surface area (TPSA) is 9.23 Å². The van der Waals surface area contributed by atoms with Crippen LogP contribution in [0.25, 0.3) is 0 Å². The molecule has 0 aliphatic carbocycles. The molecule has 0 atom stereocenters. The lowest BCUT2D eigenvalue weighted by Crippen LogP contribution is -2.42. The first-order valence-corrected chi connectivity index (χ1v) is 5.41. The Morgan fingerprint density at radius 1 is 1.00 bits per heavy atom. The number of hydrogen-bond donors (Lipinski definition) is 0. The first-order valence-electron chi connectivity index (χ1n) is 5.41. The first-order chi connectivity index (χ1) is 5.83. The maximum atomic E-state index is 5.33. The van der Waals surface area contributed by atoms with Gasteiger partial charge in [0.05, 0.1) is 13.2 Å². The third-order valence-electron chi connectivity index (χ3n) is 2.94. The van der Waals surface area contributed by atoms with Crippen molar-refractivity contribution in [2.24, 2.45) is 5.41 Å². The Bertz CT molecular complexity index is 106. The van der Waals surface area contributed by atoms with Gasteiger partial charge in [-0.25, -0.2) is 0 Å². The second-order valence-electron chi connectivity index (χ2n) is 4.20. The summed E-state index contributed by atoms with van der Waals surface area (Å²) in [4.78, 5) is 0. The highest BCUT2D eigenvalue weighted by Gasteiger charge is 2.36. The summed E-state index contributed by atoms with van der Waals surface area (Å²) in [5.41, 5.74) is 0.603. The maximum Gasteiger partial charge on any atom is 0.0544 e. The Balaban J connectivity index is 2.19. The Kier molecular flexibility index (Phi) is 4.07. The second kappa shape index (κ2) is 4.86. The van der Waals surface area contributed by atoms with Gasteiger partial charge < -0.3 is 4.74 Å². The normalized spacial score (nSPS) is 20.5. The van der Waals surface area contributed by atoms with Crippen LogP contribution in [0.3, 0.4) is 0 Å². The lowest BCUT2D eigenvalue weighted by molar-refractivity contribution is -0.123. The molecule has 12 heavy (non-hydrogen) atoms. The first kappa shape index (κ1) is 10.0. The Labute approximate surface area is 76.5 Å². The molecule has 0 radical (unpaired) electrons. The van der Waals surface area contributed by atoms with Gasteiger partial charge in [0.15, 0.2) is 0 Å². The standard InChI is InChI=1S/C11H22O/c1-3-5-7-11(8-6-4-2)9-12-10-11/h3-10H2,1-2H3. The average Bonchev–Trinajstić information content (AvgIpc) is 2.02. The quantitative estimate of drug-likeness (QED) is 0.593. The molecule has 0 aromatic carbocycles. The van der Waals surface area contributed by atoms with E-state index in [2.05, 4.69) is 13.8 Å². The van der Waals surface area contributed by atoms with E-state index in [0.717, 1.165) is 13.2 Å². The van der Waals surface area contributed by atoms with E-state index in [1.54, 1.807) is 0 Å². The van der Waals surface area contributed by atoms with Crippen LogP contribution in [0.2, 0.25) is 0 Å². The number of rotatable bonds is 6. The van der Waals surface area contributed by atoms with Crippen LogP contribution < -0.4 is 0 Å². The molecule has 1 heteroatoms. The fourth-order valence-electron chi connectivity index (χ4n) is 1.91. The van der Waals surface area contributed by atoms with E-state index < -0.39 is 0 Å². The predicted molar refractivity (Wildman–Crippen MR) is 52.3 cm³/mol. The molecule has 0 spiro atoms. The molecule has 1 rings (SSSR count). The summed E-state index contributed by atoms with van der Waals surface area (Å²) in [5.74, 6) is 0. The SMILES string of the molecule is CCCCC1(CCCC)COC1. The molecule has 1 aliphatic rings. The smallest absolute Gasteiger partial charge is 0.0544 e. The van der Waals surface area contributed by atoms with Crippen LogP contribution in [0.15, 0.2) is 0 Å². The van der Waals surface area contributed by atoms with Gasteiger partial charge in [0.2, 0.25) is 0 Å². The summed E-state index contributed by atoms with van der Waals surface area (Å²) in [6.45, 7) is 6.61. The number of hydrogen-bond acceptors (Lipinski definition) is 1. The van der Waals surface area contributed by atoms with Crippen molar-refractivity contribution < 1.29 is 4.74 Å². The molecule has 1 saturated heterocycles. The van der Waals surface area contributed by atoms with Crippen molar-refractivity contribution in [3.63, 3.8) is 0 Å². The van der Waals surface area contributed by atoms with Crippen LogP contribution >= 0.6 is 0 Å². The van der Waals surface area contributed by atoms with Crippen molar-refractivity contribution in [3.05, 3.63) is 0 Å². The molecule has 1 nitrogen and oxygen atoms in total. The van der Waals surface area contributed by atoms with E-state index in [1.807, 2.05) is 0 Å². The monoisotopic (exact) mass is 170 g/mol. The van der Waals surface area contributed by atoms with Gasteiger partial charge in [-0.1, -0.05) is 39.5 Å². The van der Waals surface area contributed by atoms with E-state index in [-0.39, 0.29) is 0 Å². The van der Waals surface area contributed by atoms with Gasteiger partial charge in [-0.15, -0.1) is 0 Å². The van der Waals surface area contributed by atoms with E-state index in [1.165, 1.54) is 38.5 Å². The summed E-state index contributed by atoms with van der Waals surface area (Å²) in [6, 6.07) is 0. The zero-order valence-corrected chi connectivity index (χ0v) is 8.57. The minimum Gasteiger partial charge on any atom is -0.380 e. The van der Waals surface area contributed by atoms with Crippen molar-refractivity contribution in [2.45, 2.75) is 52.4 Å². The fourth-order valence-corrected chi connectivity index (χ4v) is 1.91. The minimum atomic E-state index is 0.603. The molecular formula is C11H22O. The van der Waals surface area contributed by atoms with E-state index in [0.29, 0.717) is 5.41 Å². The Morgan fingerprint density at radius 2 is 1.50 bits per heavy atom.